The lowest BCUT2D eigenvalue weighted by Gasteiger charge is -2.31. The molecule has 1 aromatic carbocycles. The Bertz CT molecular complexity index is 324. The lowest BCUT2D eigenvalue weighted by Crippen LogP contribution is -2.22. The van der Waals surface area contributed by atoms with E-state index in [-0.39, 0.29) is 6.10 Å². The predicted molar refractivity (Wildman–Crippen MR) is 63.5 cm³/mol. The monoisotopic (exact) mass is 224 g/mol. The summed E-state index contributed by atoms with van der Waals surface area (Å²) in [6, 6.07) is 8.52. The van der Waals surface area contributed by atoms with Crippen molar-refractivity contribution in [2.24, 2.45) is 0 Å². The average molecular weight is 225 g/mol. The molecule has 0 spiro atoms. The van der Waals surface area contributed by atoms with Crippen LogP contribution in [0.5, 0.6) is 0 Å². The van der Waals surface area contributed by atoms with Gasteiger partial charge >= 0.3 is 0 Å². The van der Waals surface area contributed by atoms with E-state index < -0.39 is 0 Å². The van der Waals surface area contributed by atoms with Crippen LogP contribution in [0.1, 0.15) is 36.3 Å². The Morgan fingerprint density at radius 1 is 1.40 bits per heavy atom. The molecule has 0 heterocycles. The molecule has 0 aromatic heterocycles. The largest absolute Gasteiger partial charge is 0.393 e. The van der Waals surface area contributed by atoms with Crippen LogP contribution in [0.3, 0.4) is 0 Å². The molecule has 1 nitrogen and oxygen atoms in total. The van der Waals surface area contributed by atoms with Crippen LogP contribution in [0.2, 0.25) is 0 Å². The number of hydrogen-bond donors (Lipinski definition) is 1. The van der Waals surface area contributed by atoms with Gasteiger partial charge in [-0.1, -0.05) is 24.3 Å². The molecule has 1 aliphatic carbocycles. The molecule has 0 saturated carbocycles. The van der Waals surface area contributed by atoms with Crippen molar-refractivity contribution in [3.63, 3.8) is 0 Å². The lowest BCUT2D eigenvalue weighted by molar-refractivity contribution is 0.141. The number of alkyl halides is 1. The molecule has 1 aromatic rings. The first kappa shape index (κ1) is 11.0. The highest BCUT2D eigenvalue weighted by atomic mass is 35.5. The fourth-order valence-corrected chi connectivity index (χ4v) is 2.49. The van der Waals surface area contributed by atoms with Crippen molar-refractivity contribution >= 4 is 11.6 Å². The molecule has 1 N–H and O–H groups in total. The number of aliphatic hydroxyl groups is 1. The van der Waals surface area contributed by atoms with E-state index in [1.54, 1.807) is 0 Å². The van der Waals surface area contributed by atoms with Crippen LogP contribution in [-0.4, -0.2) is 17.1 Å². The Morgan fingerprint density at radius 3 is 2.93 bits per heavy atom. The van der Waals surface area contributed by atoms with Gasteiger partial charge in [-0.15, -0.1) is 11.6 Å². The van der Waals surface area contributed by atoms with Crippen LogP contribution in [-0.2, 0) is 6.42 Å². The van der Waals surface area contributed by atoms with E-state index in [4.69, 9.17) is 11.6 Å². The minimum absolute atomic E-state index is 0.179. The Hall–Kier alpha value is -0.530. The molecule has 2 rings (SSSR count). The molecule has 82 valence electrons. The minimum Gasteiger partial charge on any atom is -0.393 e. The lowest BCUT2D eigenvalue weighted by atomic mass is 9.74. The quantitative estimate of drug-likeness (QED) is 0.763. The van der Waals surface area contributed by atoms with Gasteiger partial charge < -0.3 is 5.11 Å². The third-order valence-corrected chi connectivity index (χ3v) is 3.46. The molecule has 15 heavy (non-hydrogen) atoms. The molecule has 1 aliphatic rings. The second kappa shape index (κ2) is 5.00. The summed E-state index contributed by atoms with van der Waals surface area (Å²) in [7, 11) is 0. The van der Waals surface area contributed by atoms with Crippen molar-refractivity contribution in [3.05, 3.63) is 35.4 Å². The van der Waals surface area contributed by atoms with Crippen LogP contribution in [0.25, 0.3) is 0 Å². The normalized spacial score (nSPS) is 20.5. The van der Waals surface area contributed by atoms with Gasteiger partial charge in [0.25, 0.3) is 0 Å². The number of fused-ring (bicyclic) bond motifs is 1. The Kier molecular flexibility index (Phi) is 3.66. The summed E-state index contributed by atoms with van der Waals surface area (Å²) < 4.78 is 0. The zero-order chi connectivity index (χ0) is 10.7. The highest BCUT2D eigenvalue weighted by molar-refractivity contribution is 6.17. The highest BCUT2D eigenvalue weighted by Gasteiger charge is 2.26. The van der Waals surface area contributed by atoms with Crippen LogP contribution < -0.4 is 0 Å². The number of hydrogen-bond acceptors (Lipinski definition) is 1. The zero-order valence-corrected chi connectivity index (χ0v) is 9.58. The van der Waals surface area contributed by atoms with Gasteiger partial charge in [0.1, 0.15) is 0 Å². The van der Waals surface area contributed by atoms with E-state index >= 15 is 0 Å². The summed E-state index contributed by atoms with van der Waals surface area (Å²) in [6.07, 6.45) is 3.60. The first-order valence-electron chi connectivity index (χ1n) is 5.63. The van der Waals surface area contributed by atoms with Crippen LogP contribution >= 0.6 is 11.6 Å². The van der Waals surface area contributed by atoms with Gasteiger partial charge in [-0.2, -0.15) is 0 Å². The fraction of sp³-hybridized carbons (Fsp3) is 0.538. The van der Waals surface area contributed by atoms with Crippen molar-refractivity contribution < 1.29 is 5.11 Å². The first-order valence-corrected chi connectivity index (χ1v) is 6.16. The molecular formula is C13H17ClO. The number of rotatable bonds is 5. The van der Waals surface area contributed by atoms with Gasteiger partial charge in [0.15, 0.2) is 0 Å². The maximum absolute atomic E-state index is 9.78. The maximum Gasteiger partial charge on any atom is 0.0546 e. The molecule has 0 amide bonds. The molecule has 0 aliphatic heterocycles. The van der Waals surface area contributed by atoms with Crippen molar-refractivity contribution in [2.75, 3.05) is 5.88 Å². The van der Waals surface area contributed by atoms with Crippen molar-refractivity contribution in [1.82, 2.24) is 0 Å². The zero-order valence-electron chi connectivity index (χ0n) is 8.82. The molecule has 2 unspecified atom stereocenters. The third kappa shape index (κ3) is 2.53. The standard InChI is InChI=1S/C13H17ClO/c14-7-3-5-12(15)9-11-8-10-4-1-2-6-13(10)11/h1-2,4,6,11-12,15H,3,5,7-9H2. The SMILES string of the molecule is OC(CCCCl)CC1Cc2ccccc21. The van der Waals surface area contributed by atoms with Gasteiger partial charge in [0.05, 0.1) is 6.10 Å². The van der Waals surface area contributed by atoms with Crippen LogP contribution in [0, 0.1) is 0 Å². The van der Waals surface area contributed by atoms with Crippen LogP contribution in [0.4, 0.5) is 0 Å². The summed E-state index contributed by atoms with van der Waals surface area (Å²) in [5.41, 5.74) is 2.88. The molecule has 0 bridgehead atoms. The summed E-state index contributed by atoms with van der Waals surface area (Å²) in [5, 5.41) is 9.78. The van der Waals surface area contributed by atoms with E-state index in [0.717, 1.165) is 25.7 Å². The molecule has 2 atom stereocenters. The van der Waals surface area contributed by atoms with E-state index in [2.05, 4.69) is 24.3 Å². The van der Waals surface area contributed by atoms with Gasteiger partial charge in [0.2, 0.25) is 0 Å². The van der Waals surface area contributed by atoms with Gasteiger partial charge in [-0.05, 0) is 42.7 Å². The van der Waals surface area contributed by atoms with E-state index in [9.17, 15) is 5.11 Å². The van der Waals surface area contributed by atoms with Crippen molar-refractivity contribution in [3.8, 4) is 0 Å². The molecule has 2 heteroatoms. The molecule has 0 saturated heterocycles. The molecule has 0 radical (unpaired) electrons. The van der Waals surface area contributed by atoms with Crippen molar-refractivity contribution in [1.29, 1.82) is 0 Å². The Balaban J connectivity index is 1.84. The average Bonchev–Trinajstić information content (AvgIpc) is 2.23. The first-order chi connectivity index (χ1) is 7.31. The molecular weight excluding hydrogens is 208 g/mol. The summed E-state index contributed by atoms with van der Waals surface area (Å²) in [6.45, 7) is 0. The second-order valence-corrected chi connectivity index (χ2v) is 4.70. The summed E-state index contributed by atoms with van der Waals surface area (Å²) in [4.78, 5) is 0. The highest BCUT2D eigenvalue weighted by Crippen LogP contribution is 2.38. The maximum atomic E-state index is 9.78. The Morgan fingerprint density at radius 2 is 2.20 bits per heavy atom. The third-order valence-electron chi connectivity index (χ3n) is 3.19. The Labute approximate surface area is 96.1 Å². The minimum atomic E-state index is -0.179. The summed E-state index contributed by atoms with van der Waals surface area (Å²) >= 11 is 5.60. The number of aliphatic hydroxyl groups excluding tert-OH is 1. The number of halogens is 1. The predicted octanol–water partition coefficient (Wildman–Crippen LogP) is 3.10. The fourth-order valence-electron chi connectivity index (χ4n) is 2.33. The number of benzene rings is 1. The van der Waals surface area contributed by atoms with E-state index in [0.29, 0.717) is 11.8 Å². The summed E-state index contributed by atoms with van der Waals surface area (Å²) in [5.74, 6) is 1.23. The van der Waals surface area contributed by atoms with Gasteiger partial charge in [-0.3, -0.25) is 0 Å². The van der Waals surface area contributed by atoms with E-state index in [1.807, 2.05) is 0 Å². The smallest absolute Gasteiger partial charge is 0.0546 e. The topological polar surface area (TPSA) is 20.2 Å². The van der Waals surface area contributed by atoms with Crippen molar-refractivity contribution in [2.45, 2.75) is 37.7 Å². The van der Waals surface area contributed by atoms with E-state index in [1.165, 1.54) is 11.1 Å². The van der Waals surface area contributed by atoms with Gasteiger partial charge in [0, 0.05) is 5.88 Å². The molecule has 0 fully saturated rings. The van der Waals surface area contributed by atoms with Gasteiger partial charge in [-0.25, -0.2) is 0 Å². The second-order valence-electron chi connectivity index (χ2n) is 4.32. The van der Waals surface area contributed by atoms with Crippen LogP contribution in [0.15, 0.2) is 24.3 Å².